The third kappa shape index (κ3) is 7.77. The molecule has 15 heteroatoms. The number of aliphatic hydroxyl groups excluding tert-OH is 6. The van der Waals surface area contributed by atoms with Gasteiger partial charge in [0, 0.05) is 13.2 Å². The van der Waals surface area contributed by atoms with Crippen LogP contribution < -0.4 is 5.73 Å². The largest absolute Gasteiger partial charge is 0.479 e. The molecule has 9 N–H and O–H groups in total. The van der Waals surface area contributed by atoms with E-state index in [9.17, 15) is 40.5 Å². The first kappa shape index (κ1) is 33.8. The van der Waals surface area contributed by atoms with E-state index >= 15 is 0 Å². The quantitative estimate of drug-likeness (QED) is 0.122. The van der Waals surface area contributed by atoms with Gasteiger partial charge in [-0.2, -0.15) is 0 Å². The number of carbonyl (C=O) groups is 1. The van der Waals surface area contributed by atoms with Crippen LogP contribution >= 0.6 is 0 Å². The van der Waals surface area contributed by atoms with Gasteiger partial charge in [0.2, 0.25) is 0 Å². The second-order valence-electron chi connectivity index (χ2n) is 11.8. The van der Waals surface area contributed by atoms with Crippen LogP contribution in [0.4, 0.5) is 0 Å². The van der Waals surface area contributed by atoms with Gasteiger partial charge in [0.15, 0.2) is 18.7 Å². The maximum Gasteiger partial charge on any atom is 0.332 e. The molecule has 244 valence electrons. The van der Waals surface area contributed by atoms with Crippen LogP contribution in [0.1, 0.15) is 51.9 Å². The molecule has 0 unspecified atom stereocenters. The minimum atomic E-state index is -1.65. The predicted octanol–water partition coefficient (Wildman–Crippen LogP) is -2.42. The minimum absolute atomic E-state index is 0.0205. The summed E-state index contributed by atoms with van der Waals surface area (Å²) < 4.78 is 34.9. The van der Waals surface area contributed by atoms with E-state index < -0.39 is 98.4 Å². The van der Waals surface area contributed by atoms with Gasteiger partial charge in [-0.15, -0.1) is 0 Å². The van der Waals surface area contributed by atoms with Crippen molar-refractivity contribution in [2.75, 3.05) is 19.8 Å². The van der Waals surface area contributed by atoms with Crippen molar-refractivity contribution in [1.82, 2.24) is 0 Å². The zero-order chi connectivity index (χ0) is 30.6. The Hall–Kier alpha value is -1.05. The van der Waals surface area contributed by atoms with Crippen LogP contribution in [-0.4, -0.2) is 147 Å². The highest BCUT2D eigenvalue weighted by atomic mass is 16.7. The van der Waals surface area contributed by atoms with Gasteiger partial charge < -0.3 is 69.9 Å². The molecule has 15 nitrogen and oxygen atoms in total. The molecule has 0 aromatic rings. The van der Waals surface area contributed by atoms with E-state index in [1.807, 2.05) is 0 Å². The molecule has 1 aliphatic carbocycles. The molecule has 4 aliphatic rings. The third-order valence-electron chi connectivity index (χ3n) is 8.80. The Morgan fingerprint density at radius 1 is 0.857 bits per heavy atom. The number of ether oxygens (including phenoxy) is 6. The molecule has 3 heterocycles. The maximum atomic E-state index is 12.1. The molecule has 0 radical (unpaired) electrons. The number of carboxylic acid groups (broad SMARTS) is 1. The monoisotopic (exact) mass is 609 g/mol. The van der Waals surface area contributed by atoms with Crippen LogP contribution in [0.5, 0.6) is 0 Å². The van der Waals surface area contributed by atoms with E-state index in [1.54, 1.807) is 0 Å². The van der Waals surface area contributed by atoms with Gasteiger partial charge in [-0.05, 0) is 25.7 Å². The minimum Gasteiger partial charge on any atom is -0.479 e. The third-order valence-corrected chi connectivity index (χ3v) is 8.80. The van der Waals surface area contributed by atoms with Gasteiger partial charge in [-0.25, -0.2) is 4.79 Å². The van der Waals surface area contributed by atoms with Gasteiger partial charge in [0.05, 0.1) is 24.9 Å². The van der Waals surface area contributed by atoms with Gasteiger partial charge in [-0.3, -0.25) is 0 Å². The topological polar surface area (TPSA) is 240 Å². The van der Waals surface area contributed by atoms with E-state index in [1.165, 1.54) is 6.92 Å². The maximum absolute atomic E-state index is 12.1. The smallest absolute Gasteiger partial charge is 0.332 e. The predicted molar refractivity (Wildman–Crippen MR) is 141 cm³/mol. The van der Waals surface area contributed by atoms with E-state index in [0.717, 1.165) is 32.1 Å². The highest BCUT2D eigenvalue weighted by Crippen LogP contribution is 2.34. The molecule has 1 saturated carbocycles. The molecule has 3 saturated heterocycles. The van der Waals surface area contributed by atoms with Gasteiger partial charge in [-0.1, -0.05) is 32.1 Å². The van der Waals surface area contributed by atoms with Crippen molar-refractivity contribution in [2.45, 2.75) is 138 Å². The number of aliphatic hydroxyl groups is 6. The van der Waals surface area contributed by atoms with E-state index in [-0.39, 0.29) is 31.9 Å². The molecular weight excluding hydrogens is 562 g/mol. The summed E-state index contributed by atoms with van der Waals surface area (Å²) in [5.74, 6) is -1.08. The molecule has 0 amide bonds. The molecule has 3 aliphatic heterocycles. The molecule has 0 aromatic heterocycles. The first-order valence-corrected chi connectivity index (χ1v) is 14.9. The van der Waals surface area contributed by atoms with Crippen molar-refractivity contribution < 1.29 is 69.0 Å². The second kappa shape index (κ2) is 15.3. The molecular formula is C27H47NO14. The van der Waals surface area contributed by atoms with Crippen molar-refractivity contribution in [3.63, 3.8) is 0 Å². The molecule has 14 atom stereocenters. The molecule has 42 heavy (non-hydrogen) atoms. The summed E-state index contributed by atoms with van der Waals surface area (Å²) in [5.41, 5.74) is 5.90. The van der Waals surface area contributed by atoms with Gasteiger partial charge >= 0.3 is 5.97 Å². The number of hydrogen-bond donors (Lipinski definition) is 8. The molecule has 0 aromatic carbocycles. The zero-order valence-corrected chi connectivity index (χ0v) is 23.8. The highest BCUT2D eigenvalue weighted by Gasteiger charge is 2.51. The summed E-state index contributed by atoms with van der Waals surface area (Å²) in [5, 5.41) is 72.6. The fraction of sp³-hybridized carbons (Fsp3) is 0.963. The lowest BCUT2D eigenvalue weighted by Gasteiger charge is -2.47. The van der Waals surface area contributed by atoms with Crippen LogP contribution in [-0.2, 0) is 33.2 Å². The Kier molecular flexibility index (Phi) is 12.3. The fourth-order valence-corrected chi connectivity index (χ4v) is 6.27. The van der Waals surface area contributed by atoms with Crippen molar-refractivity contribution in [3.05, 3.63) is 0 Å². The number of rotatable bonds is 11. The van der Waals surface area contributed by atoms with Crippen LogP contribution in [0.2, 0.25) is 0 Å². The van der Waals surface area contributed by atoms with Gasteiger partial charge in [0.1, 0.15) is 48.8 Å². The normalized spacial score (nSPS) is 44.5. The Labute approximate surface area is 244 Å². The lowest BCUT2D eigenvalue weighted by Crippen LogP contribution is -2.64. The Morgan fingerprint density at radius 2 is 1.55 bits per heavy atom. The SMILES string of the molecule is C[C@@H]1O[C@@H](O[C@@H]2[C@@H](CN)OCC[C@H]2O[C@@H]2O[C@H](CO)[C@H](O)[C@H](O[C@@H](CC3CCCCC3)C(=O)O)[C@H]2O)[C@@H](O)[C@H](O)[C@@H]1O. The zero-order valence-electron chi connectivity index (χ0n) is 23.8. The average molecular weight is 610 g/mol. The number of hydrogen-bond acceptors (Lipinski definition) is 14. The highest BCUT2D eigenvalue weighted by molar-refractivity contribution is 5.72. The van der Waals surface area contributed by atoms with Crippen LogP contribution in [0.25, 0.3) is 0 Å². The first-order chi connectivity index (χ1) is 20.0. The van der Waals surface area contributed by atoms with Crippen LogP contribution in [0.15, 0.2) is 0 Å². The van der Waals surface area contributed by atoms with Crippen molar-refractivity contribution in [2.24, 2.45) is 11.7 Å². The summed E-state index contributed by atoms with van der Waals surface area (Å²) in [4.78, 5) is 12.1. The van der Waals surface area contributed by atoms with Gasteiger partial charge in [0.25, 0.3) is 0 Å². The Balaban J connectivity index is 1.49. The fourth-order valence-electron chi connectivity index (χ4n) is 6.27. The summed E-state index contributed by atoms with van der Waals surface area (Å²) in [6.07, 6.45) is -12.7. The molecule has 4 rings (SSSR count). The van der Waals surface area contributed by atoms with Crippen molar-refractivity contribution in [3.8, 4) is 0 Å². The lowest BCUT2D eigenvalue weighted by atomic mass is 9.85. The van der Waals surface area contributed by atoms with E-state index in [2.05, 4.69) is 0 Å². The number of nitrogens with two attached hydrogens (primary N) is 1. The second-order valence-corrected chi connectivity index (χ2v) is 11.8. The first-order valence-electron chi connectivity index (χ1n) is 14.9. The standard InChI is InChI=1S/C27H47NO14/c1-12-18(30)20(32)21(33)26(38-12)42-23-14(7-8-37-16(23)10-28)40-27-22(34)24(19(31)17(11-29)41-27)39-15(25(35)36)9-13-5-3-2-4-6-13/h12-24,26-27,29-34H,2-11,28H2,1H3,(H,35,36)/t12-,14+,15-,16+,17+,18+,19-,20+,21-,22+,23-,24-,26-,27+/m0/s1. The molecule has 0 bridgehead atoms. The Bertz CT molecular complexity index is 848. The van der Waals surface area contributed by atoms with Crippen LogP contribution in [0, 0.1) is 5.92 Å². The van der Waals surface area contributed by atoms with Crippen molar-refractivity contribution >= 4 is 5.97 Å². The summed E-state index contributed by atoms with van der Waals surface area (Å²) in [7, 11) is 0. The molecule has 4 fully saturated rings. The lowest BCUT2D eigenvalue weighted by molar-refractivity contribution is -0.355. The summed E-state index contributed by atoms with van der Waals surface area (Å²) >= 11 is 0. The van der Waals surface area contributed by atoms with E-state index in [0.29, 0.717) is 0 Å². The summed E-state index contributed by atoms with van der Waals surface area (Å²) in [6, 6.07) is 0. The molecule has 0 spiro atoms. The number of carboxylic acids is 1. The van der Waals surface area contributed by atoms with Crippen molar-refractivity contribution in [1.29, 1.82) is 0 Å². The van der Waals surface area contributed by atoms with Crippen LogP contribution in [0.3, 0.4) is 0 Å². The summed E-state index contributed by atoms with van der Waals surface area (Å²) in [6.45, 7) is 1.02. The number of aliphatic carboxylic acids is 1. The van der Waals surface area contributed by atoms with E-state index in [4.69, 9.17) is 34.2 Å². The Morgan fingerprint density at radius 3 is 2.19 bits per heavy atom. The average Bonchev–Trinajstić information content (AvgIpc) is 2.98.